The molecule has 0 spiro atoms. The minimum atomic E-state index is -4.21. The average molecular weight is 168 g/mol. The SMILES string of the molecule is CSOS(=O)(=O)O.[NaH]. The van der Waals surface area contributed by atoms with Gasteiger partial charge >= 0.3 is 40.0 Å². The molecule has 0 aliphatic carbocycles. The summed E-state index contributed by atoms with van der Waals surface area (Å²) in [5, 5.41) is 0. The monoisotopic (exact) mass is 168 g/mol. The van der Waals surface area contributed by atoms with E-state index in [4.69, 9.17) is 4.55 Å². The third-order valence-electron chi connectivity index (χ3n) is 0.154. The van der Waals surface area contributed by atoms with Gasteiger partial charge in [0.15, 0.2) is 0 Å². The fourth-order valence-corrected chi connectivity index (χ4v) is 0.774. The van der Waals surface area contributed by atoms with Gasteiger partial charge in [0.05, 0.1) is 0 Å². The second-order valence-corrected chi connectivity index (χ2v) is 2.40. The van der Waals surface area contributed by atoms with Gasteiger partial charge < -0.3 is 0 Å². The Bertz CT molecular complexity index is 127. The molecule has 1 N–H and O–H groups in total. The molecule has 0 aromatic rings. The first-order valence-electron chi connectivity index (χ1n) is 1.26. The fourth-order valence-electron chi connectivity index (χ4n) is 0.0860. The van der Waals surface area contributed by atoms with E-state index >= 15 is 0 Å². The second-order valence-electron chi connectivity index (χ2n) is 0.662. The Hall–Kier alpha value is 1.22. The summed E-state index contributed by atoms with van der Waals surface area (Å²) in [5.41, 5.74) is 0. The number of rotatable bonds is 2. The summed E-state index contributed by atoms with van der Waals surface area (Å²) in [5.74, 6) is 0. The predicted octanol–water partition coefficient (Wildman–Crippen LogP) is -0.565. The molecule has 4 nitrogen and oxygen atoms in total. The molecule has 0 unspecified atom stereocenters. The van der Waals surface area contributed by atoms with Crippen LogP contribution in [0, 0.1) is 0 Å². The molecule has 8 heavy (non-hydrogen) atoms. The molecule has 0 aromatic heterocycles. The van der Waals surface area contributed by atoms with Crippen LogP contribution in [0.2, 0.25) is 0 Å². The number of hydrogen-bond acceptors (Lipinski definition) is 4. The van der Waals surface area contributed by atoms with Crippen molar-refractivity contribution in [2.45, 2.75) is 0 Å². The molecule has 0 aliphatic heterocycles. The van der Waals surface area contributed by atoms with Gasteiger partial charge in [-0.3, -0.25) is 4.55 Å². The molecular formula is CH5NaO4S2. The Morgan fingerprint density at radius 2 is 2.00 bits per heavy atom. The summed E-state index contributed by atoms with van der Waals surface area (Å²) in [6, 6.07) is 0. The first-order valence-corrected chi connectivity index (χ1v) is 3.77. The third-order valence-corrected chi connectivity index (χ3v) is 1.39. The second kappa shape index (κ2) is 5.04. The van der Waals surface area contributed by atoms with Crippen LogP contribution in [0.3, 0.4) is 0 Å². The van der Waals surface area contributed by atoms with Gasteiger partial charge in [-0.25, -0.2) is 0 Å². The molecular weight excluding hydrogens is 163 g/mol. The van der Waals surface area contributed by atoms with Crippen LogP contribution in [0.15, 0.2) is 0 Å². The van der Waals surface area contributed by atoms with Gasteiger partial charge in [-0.05, 0) is 0 Å². The Morgan fingerprint density at radius 3 is 2.00 bits per heavy atom. The van der Waals surface area contributed by atoms with Crippen molar-refractivity contribution < 1.29 is 16.6 Å². The maximum absolute atomic E-state index is 9.54. The van der Waals surface area contributed by atoms with Crippen LogP contribution in [-0.2, 0) is 14.0 Å². The topological polar surface area (TPSA) is 63.6 Å². The van der Waals surface area contributed by atoms with Gasteiger partial charge in [0, 0.05) is 18.3 Å². The molecule has 0 aromatic carbocycles. The van der Waals surface area contributed by atoms with Crippen LogP contribution >= 0.6 is 12.0 Å². The zero-order valence-corrected chi connectivity index (χ0v) is 5.12. The van der Waals surface area contributed by atoms with Crippen LogP contribution < -0.4 is 0 Å². The quantitative estimate of drug-likeness (QED) is 0.340. The molecule has 0 radical (unpaired) electrons. The zero-order chi connectivity index (χ0) is 5.91. The molecule has 7 heteroatoms. The number of hydrogen-bond donors (Lipinski definition) is 1. The van der Waals surface area contributed by atoms with E-state index in [9.17, 15) is 8.42 Å². The standard InChI is InChI=1S/CH4O4S2.Na.H/c1-6-5-7(2,3)4;;/h1H3,(H,2,3,4);;. The molecule has 0 saturated carbocycles. The van der Waals surface area contributed by atoms with E-state index < -0.39 is 10.4 Å². The van der Waals surface area contributed by atoms with Crippen molar-refractivity contribution in [2.24, 2.45) is 0 Å². The van der Waals surface area contributed by atoms with Crippen LogP contribution in [0.5, 0.6) is 0 Å². The normalized spacial score (nSPS) is 10.2. The molecule has 0 rings (SSSR count). The van der Waals surface area contributed by atoms with Gasteiger partial charge in [-0.1, -0.05) is 0 Å². The van der Waals surface area contributed by atoms with E-state index in [1.54, 1.807) is 0 Å². The Kier molecular flexibility index (Phi) is 7.53. The van der Waals surface area contributed by atoms with E-state index in [0.29, 0.717) is 12.0 Å². The average Bonchev–Trinajstić information content (AvgIpc) is 1.30. The Balaban J connectivity index is 0. The van der Waals surface area contributed by atoms with E-state index in [1.807, 2.05) is 0 Å². The van der Waals surface area contributed by atoms with Crippen LogP contribution in [-0.4, -0.2) is 48.8 Å². The predicted molar refractivity (Wildman–Crippen MR) is 33.3 cm³/mol. The summed E-state index contributed by atoms with van der Waals surface area (Å²) in [7, 11) is -4.21. The fraction of sp³-hybridized carbons (Fsp3) is 1.00. The summed E-state index contributed by atoms with van der Waals surface area (Å²) in [6.45, 7) is 0. The molecule has 0 fully saturated rings. The molecule has 0 heterocycles. The Labute approximate surface area is 74.4 Å². The van der Waals surface area contributed by atoms with E-state index in [1.165, 1.54) is 6.26 Å². The molecule has 0 atom stereocenters. The van der Waals surface area contributed by atoms with Crippen molar-refractivity contribution >= 4 is 52.0 Å². The van der Waals surface area contributed by atoms with Crippen molar-refractivity contribution in [3.63, 3.8) is 0 Å². The Morgan fingerprint density at radius 1 is 1.62 bits per heavy atom. The third kappa shape index (κ3) is 10.3. The minimum absolute atomic E-state index is 0. The maximum atomic E-state index is 9.54. The van der Waals surface area contributed by atoms with Crippen molar-refractivity contribution in [3.8, 4) is 0 Å². The van der Waals surface area contributed by atoms with Crippen molar-refractivity contribution in [3.05, 3.63) is 0 Å². The van der Waals surface area contributed by atoms with Crippen LogP contribution in [0.4, 0.5) is 0 Å². The molecule has 46 valence electrons. The summed E-state index contributed by atoms with van der Waals surface area (Å²) in [6.07, 6.45) is 1.38. The van der Waals surface area contributed by atoms with E-state index in [2.05, 4.69) is 3.63 Å². The van der Waals surface area contributed by atoms with Gasteiger partial charge in [0.2, 0.25) is 0 Å². The summed E-state index contributed by atoms with van der Waals surface area (Å²) < 4.78 is 30.5. The summed E-state index contributed by atoms with van der Waals surface area (Å²) >= 11 is 0.571. The van der Waals surface area contributed by atoms with Gasteiger partial charge in [-0.2, -0.15) is 12.0 Å². The molecule has 0 saturated heterocycles. The van der Waals surface area contributed by atoms with E-state index in [-0.39, 0.29) is 29.6 Å². The van der Waals surface area contributed by atoms with Gasteiger partial charge in [0.1, 0.15) is 0 Å². The van der Waals surface area contributed by atoms with Crippen LogP contribution in [0.25, 0.3) is 0 Å². The molecule has 0 bridgehead atoms. The molecule has 0 aliphatic rings. The first-order chi connectivity index (χ1) is 3.06. The van der Waals surface area contributed by atoms with Crippen LogP contribution in [0.1, 0.15) is 0 Å². The zero-order valence-electron chi connectivity index (χ0n) is 3.49. The van der Waals surface area contributed by atoms with Crippen molar-refractivity contribution in [2.75, 3.05) is 6.26 Å². The first kappa shape index (κ1) is 12.0. The molecule has 0 amide bonds. The summed E-state index contributed by atoms with van der Waals surface area (Å²) in [4.78, 5) is 0. The van der Waals surface area contributed by atoms with Crippen molar-refractivity contribution in [1.29, 1.82) is 0 Å². The van der Waals surface area contributed by atoms with Gasteiger partial charge in [0.25, 0.3) is 0 Å². The van der Waals surface area contributed by atoms with E-state index in [0.717, 1.165) is 0 Å². The van der Waals surface area contributed by atoms with Gasteiger partial charge in [-0.15, -0.1) is 0 Å². The van der Waals surface area contributed by atoms with Crippen molar-refractivity contribution in [1.82, 2.24) is 0 Å².